The fourth-order valence-electron chi connectivity index (χ4n) is 11.9. The van der Waals surface area contributed by atoms with Crippen LogP contribution in [0.3, 0.4) is 0 Å². The maximum atomic E-state index is 13.4. The Bertz CT molecular complexity index is 3430. The molecule has 6 aromatic rings. The zero-order valence-corrected chi connectivity index (χ0v) is 66.0. The molecule has 8 heterocycles. The first-order chi connectivity index (χ1) is 40.1. The number of rotatable bonds is 14. The Morgan fingerprint density at radius 1 is 0.647 bits per heavy atom. The largest absolute Gasteiger partial charge is 1.00 e. The summed E-state index contributed by atoms with van der Waals surface area (Å²) >= 11 is 2.15. The zero-order chi connectivity index (χ0) is 58.8. The number of nitrogens with zero attached hydrogens (tertiary/aromatic N) is 11. The van der Waals surface area contributed by atoms with Gasteiger partial charge in [0.05, 0.1) is 77.6 Å². The molecule has 85 heavy (non-hydrogen) atoms. The monoisotopic (exact) mass is 1560 g/mol. The van der Waals surface area contributed by atoms with Crippen molar-refractivity contribution in [2.75, 3.05) is 119 Å². The molecule has 2 saturated carbocycles. The average Bonchev–Trinajstić information content (AvgIpc) is 1.66. The second-order valence-electron chi connectivity index (χ2n) is 21.9. The van der Waals surface area contributed by atoms with Crippen molar-refractivity contribution in [3.63, 3.8) is 0 Å². The molecule has 1 amide bonds. The number of morpholine rings is 2. The summed E-state index contributed by atoms with van der Waals surface area (Å²) < 4.78 is 64.0. The number of alkyl halides is 1. The van der Waals surface area contributed by atoms with Gasteiger partial charge in [-0.1, -0.05) is 71.8 Å². The topological polar surface area (TPSA) is 248 Å². The Morgan fingerprint density at radius 2 is 1.02 bits per heavy atom. The predicted octanol–water partition coefficient (Wildman–Crippen LogP) is -0.157. The number of amides is 1. The van der Waals surface area contributed by atoms with Crippen molar-refractivity contribution in [3.05, 3.63) is 95.6 Å². The number of ether oxygens (including phenoxy) is 2. The first-order valence-electron chi connectivity index (χ1n) is 28.5. The first kappa shape index (κ1) is 70.9. The van der Waals surface area contributed by atoms with Crippen molar-refractivity contribution in [3.8, 4) is 11.4 Å². The number of carbonyl (C=O) groups excluding carboxylic acids is 3. The third-order valence-electron chi connectivity index (χ3n) is 16.7. The van der Waals surface area contributed by atoms with Crippen molar-refractivity contribution in [2.45, 2.75) is 88.1 Å². The SMILES string of the molecule is CI.CN(C(=O)c1cc(N2CCC(N3CCOCC3)CC2)c2c(C3CCC3)nn(-c3ccccc3)c2n1)S(C)(=O)=O.CS(=O)(=O)CC(=O)c1cc(N2CCC(N3CCOCC3)CC2)c2c(C3CCC3)nn(-c3ccccc3)c2n1.O=CO[O-].[Cs+].[Cs+].[H-]. The van der Waals surface area contributed by atoms with Crippen LogP contribution < -0.4 is 153 Å². The van der Waals surface area contributed by atoms with Crippen LogP contribution in [0.4, 0.5) is 11.4 Å². The maximum absolute atomic E-state index is 13.4. The van der Waals surface area contributed by atoms with Gasteiger partial charge in [0.25, 0.3) is 12.4 Å². The third-order valence-corrected chi connectivity index (χ3v) is 18.7. The second kappa shape index (κ2) is 33.1. The van der Waals surface area contributed by atoms with Crippen LogP contribution in [0.15, 0.2) is 72.8 Å². The molecular weight excluding hydrogens is 1480 g/mol. The molecule has 0 atom stereocenters. The molecule has 6 aliphatic rings. The van der Waals surface area contributed by atoms with E-state index in [1.54, 1.807) is 6.07 Å². The van der Waals surface area contributed by atoms with Crippen molar-refractivity contribution in [1.82, 2.24) is 43.6 Å². The van der Waals surface area contributed by atoms with E-state index in [0.717, 1.165) is 192 Å². The van der Waals surface area contributed by atoms with Gasteiger partial charge in [-0.2, -0.15) is 10.2 Å². The number of hydrogen-bond acceptors (Lipinski definition) is 19. The van der Waals surface area contributed by atoms with Crippen LogP contribution in [0, 0.1) is 0 Å². The number of ketones is 1. The van der Waals surface area contributed by atoms with Crippen LogP contribution in [0.2, 0.25) is 0 Å². The minimum absolute atomic E-state index is 0. The van der Waals surface area contributed by atoms with Crippen LogP contribution in [0.25, 0.3) is 33.4 Å². The van der Waals surface area contributed by atoms with Gasteiger partial charge in [0.1, 0.15) is 17.1 Å². The summed E-state index contributed by atoms with van der Waals surface area (Å²) in [6, 6.07) is 24.3. The van der Waals surface area contributed by atoms with Gasteiger partial charge in [0.15, 0.2) is 26.9 Å². The summed E-state index contributed by atoms with van der Waals surface area (Å²) in [5, 5.41) is 20.6. The molecule has 6 fully saturated rings. The molecule has 27 heteroatoms. The van der Waals surface area contributed by atoms with Crippen LogP contribution in [0.5, 0.6) is 0 Å². The van der Waals surface area contributed by atoms with Crippen LogP contribution >= 0.6 is 22.6 Å². The molecule has 4 aromatic heterocycles. The normalized spacial score (nSPS) is 18.4. The molecule has 4 saturated heterocycles. The van der Waals surface area contributed by atoms with E-state index >= 15 is 0 Å². The van der Waals surface area contributed by atoms with Gasteiger partial charge < -0.3 is 30.8 Å². The Hall–Kier alpha value is -1.58. The van der Waals surface area contributed by atoms with Crippen molar-refractivity contribution < 1.29 is 190 Å². The number of sulfone groups is 1. The summed E-state index contributed by atoms with van der Waals surface area (Å²) in [5.74, 6) is -0.964. The maximum Gasteiger partial charge on any atom is 1.00 e. The smallest absolute Gasteiger partial charge is 1.00 e. The Morgan fingerprint density at radius 3 is 1.36 bits per heavy atom. The standard InChI is InChI=1S/C28H36N6O4S.C28H35N5O4S.CH3I.CH2O3.2Cs.H/c1-31(39(2,36)37)28(35)23-19-24(33-13-11-21(12-14-33)32-15-17-38-18-16-32)25-26(20-7-6-8-20)30-34(27(25)29-23)22-9-4-3-5-10-22;1-38(35,36)19-25(34)23-18-24(32-12-10-21(11-13-32)31-14-16-37-17-15-31)26-27(20-6-5-7-20)30-33(28(26)29-23)22-8-3-2-4-9-22;1-2;2-1-4-3;;;/h3-5,9-10,19-21H,6-8,11-18H2,1-2H3;2-4,8-9,18,20-21H,5-7,10-17,19H2,1H3;1H3;1,3H;;;/q;;;;2*+1;-1/p-1. The number of halogens is 1. The fraction of sp³-hybridized carbons (Fsp3) is 0.534. The first-order valence-corrected chi connectivity index (χ1v) is 34.6. The zero-order valence-electron chi connectivity index (χ0n) is 50.7. The molecule has 0 spiro atoms. The van der Waals surface area contributed by atoms with Gasteiger partial charge in [-0.05, 0) is 92.7 Å². The van der Waals surface area contributed by atoms with Crippen molar-refractivity contribution in [2.24, 2.45) is 0 Å². The molecule has 12 rings (SSSR count). The Kier molecular flexibility index (Phi) is 27.6. The minimum atomic E-state index is -3.73. The van der Waals surface area contributed by atoms with Gasteiger partial charge in [-0.25, -0.2) is 40.5 Å². The van der Waals surface area contributed by atoms with Gasteiger partial charge in [0, 0.05) is 89.6 Å². The minimum Gasteiger partial charge on any atom is -1.00 e. The van der Waals surface area contributed by atoms with Crippen molar-refractivity contribution >= 4 is 94.1 Å². The number of benzene rings is 2. The van der Waals surface area contributed by atoms with E-state index in [1.807, 2.05) is 81.0 Å². The molecule has 4 aliphatic heterocycles. The van der Waals surface area contributed by atoms with E-state index in [0.29, 0.717) is 35.2 Å². The van der Waals surface area contributed by atoms with Gasteiger partial charge in [-0.3, -0.25) is 24.2 Å². The molecule has 0 bridgehead atoms. The number of fused-ring (bicyclic) bond motifs is 2. The Labute approximate surface area is 631 Å². The van der Waals surface area contributed by atoms with E-state index in [-0.39, 0.29) is 157 Å². The molecule has 450 valence electrons. The van der Waals surface area contributed by atoms with E-state index in [1.165, 1.54) is 19.9 Å². The average molecular weight is 1560 g/mol. The predicted molar refractivity (Wildman–Crippen MR) is 325 cm³/mol. The van der Waals surface area contributed by atoms with E-state index in [4.69, 9.17) is 39.7 Å². The number of pyridine rings is 2. The van der Waals surface area contributed by atoms with Gasteiger partial charge in [-0.15, -0.1) is 0 Å². The number of anilines is 2. The summed E-state index contributed by atoms with van der Waals surface area (Å²) in [5.41, 5.74) is 7.20. The number of carbonyl (C=O) groups is 3. The quantitative estimate of drug-likeness (QED) is 0.0343. The summed E-state index contributed by atoms with van der Waals surface area (Å²) in [7, 11) is -5.94. The van der Waals surface area contributed by atoms with Gasteiger partial charge in [0.2, 0.25) is 10.0 Å². The van der Waals surface area contributed by atoms with Crippen LogP contribution in [-0.2, 0) is 39.0 Å². The van der Waals surface area contributed by atoms with Crippen molar-refractivity contribution in [1.29, 1.82) is 0 Å². The number of Topliss-reactive ketones (excluding diaryl/α,β-unsaturated/α-hetero) is 1. The number of sulfonamides is 1. The van der Waals surface area contributed by atoms with E-state index < -0.39 is 37.3 Å². The second-order valence-corrected chi connectivity index (χ2v) is 26.1. The summed E-state index contributed by atoms with van der Waals surface area (Å²) in [6.07, 6.45) is 12.9. The van der Waals surface area contributed by atoms with Gasteiger partial charge >= 0.3 is 138 Å². The molecule has 22 nitrogen and oxygen atoms in total. The summed E-state index contributed by atoms with van der Waals surface area (Å²) in [4.78, 5) is 59.1. The van der Waals surface area contributed by atoms with E-state index in [2.05, 4.69) is 47.1 Å². The molecule has 2 aromatic carbocycles. The number of para-hydroxylation sites is 2. The number of aromatic nitrogens is 6. The molecular formula is C58H76Cs2IN11O11S2. The summed E-state index contributed by atoms with van der Waals surface area (Å²) in [6.45, 7) is 10.3. The molecule has 0 unspecified atom stereocenters. The fourth-order valence-corrected chi connectivity index (χ4v) is 12.9. The number of hydrogen-bond donors (Lipinski definition) is 0. The van der Waals surface area contributed by atoms with Crippen LogP contribution in [-0.4, -0.2) is 200 Å². The van der Waals surface area contributed by atoms with Crippen LogP contribution in [0.1, 0.15) is 110 Å². The molecule has 0 N–H and O–H groups in total. The molecule has 0 radical (unpaired) electrons. The Balaban J connectivity index is 0.000000244. The van der Waals surface area contributed by atoms with E-state index in [9.17, 15) is 26.4 Å². The molecule has 2 aliphatic carbocycles. The number of piperidine rings is 2. The third kappa shape index (κ3) is 17.5.